The van der Waals surface area contributed by atoms with Crippen LogP contribution in [0, 0.1) is 0 Å². The highest BCUT2D eigenvalue weighted by Crippen LogP contribution is 2.26. The zero-order chi connectivity index (χ0) is 19.3. The molecule has 1 aliphatic rings. The lowest BCUT2D eigenvalue weighted by Gasteiger charge is -2.34. The zero-order valence-corrected chi connectivity index (χ0v) is 15.4. The molecule has 2 aromatic heterocycles. The lowest BCUT2D eigenvalue weighted by molar-refractivity contribution is -0.138. The average molecular weight is 375 g/mol. The number of carboxylic acid groups (broad SMARTS) is 1. The summed E-state index contributed by atoms with van der Waals surface area (Å²) in [5.74, 6) is 0.730. The Kier molecular flexibility index (Phi) is 5.25. The largest absolute Gasteiger partial charge is 0.480 e. The van der Waals surface area contributed by atoms with Gasteiger partial charge in [0.2, 0.25) is 0 Å². The van der Waals surface area contributed by atoms with E-state index in [-0.39, 0.29) is 6.54 Å². The number of carboxylic acids is 1. The van der Waals surface area contributed by atoms with Gasteiger partial charge in [0.1, 0.15) is 5.82 Å². The Hall–Kier alpha value is -3.32. The molecule has 0 unspecified atom stereocenters. The van der Waals surface area contributed by atoms with Crippen molar-refractivity contribution in [2.75, 3.05) is 37.6 Å². The molecule has 3 aromatic rings. The standard InChI is InChI=1S/C21H21N5O2/c27-20(28)15-25-9-11-26(12-10-25)19-13-18(17-7-4-8-22-14-17)23-21(24-19)16-5-2-1-3-6-16/h1-8,13-14H,9-12,15H2,(H,27,28). The Morgan fingerprint density at radius 3 is 2.39 bits per heavy atom. The second kappa shape index (κ2) is 8.14. The number of rotatable bonds is 5. The first-order valence-electron chi connectivity index (χ1n) is 9.23. The molecule has 1 N–H and O–H groups in total. The molecule has 3 heterocycles. The van der Waals surface area contributed by atoms with E-state index in [0.29, 0.717) is 18.9 Å². The molecule has 1 saturated heterocycles. The topological polar surface area (TPSA) is 82.5 Å². The molecule has 7 nitrogen and oxygen atoms in total. The van der Waals surface area contributed by atoms with E-state index in [1.807, 2.05) is 53.4 Å². The average Bonchev–Trinajstić information content (AvgIpc) is 2.75. The minimum Gasteiger partial charge on any atom is -0.480 e. The number of hydrogen-bond acceptors (Lipinski definition) is 6. The molecule has 28 heavy (non-hydrogen) atoms. The van der Waals surface area contributed by atoms with Crippen LogP contribution >= 0.6 is 0 Å². The lowest BCUT2D eigenvalue weighted by Crippen LogP contribution is -2.48. The van der Waals surface area contributed by atoms with Crippen molar-refractivity contribution in [3.63, 3.8) is 0 Å². The fraction of sp³-hybridized carbons (Fsp3) is 0.238. The number of aliphatic carboxylic acids is 1. The zero-order valence-electron chi connectivity index (χ0n) is 15.4. The summed E-state index contributed by atoms with van der Waals surface area (Å²) in [6, 6.07) is 15.8. The van der Waals surface area contributed by atoms with Crippen LogP contribution in [0.2, 0.25) is 0 Å². The molecule has 1 fully saturated rings. The van der Waals surface area contributed by atoms with E-state index in [9.17, 15) is 4.79 Å². The predicted octanol–water partition coefficient (Wildman–Crippen LogP) is 2.41. The van der Waals surface area contributed by atoms with Crippen molar-refractivity contribution in [2.24, 2.45) is 0 Å². The Balaban J connectivity index is 1.66. The summed E-state index contributed by atoms with van der Waals surface area (Å²) in [5.41, 5.74) is 2.72. The Morgan fingerprint density at radius 2 is 1.71 bits per heavy atom. The first-order valence-corrected chi connectivity index (χ1v) is 9.23. The highest BCUT2D eigenvalue weighted by molar-refractivity contribution is 5.69. The van der Waals surface area contributed by atoms with Crippen LogP contribution in [0.15, 0.2) is 60.9 Å². The summed E-state index contributed by atoms with van der Waals surface area (Å²) in [6.45, 7) is 2.92. The lowest BCUT2D eigenvalue weighted by atomic mass is 10.1. The summed E-state index contributed by atoms with van der Waals surface area (Å²) in [5, 5.41) is 8.99. The first-order chi connectivity index (χ1) is 13.7. The number of benzene rings is 1. The molecule has 0 aliphatic carbocycles. The molecule has 142 valence electrons. The Labute approximate surface area is 163 Å². The maximum Gasteiger partial charge on any atom is 0.317 e. The van der Waals surface area contributed by atoms with Crippen LogP contribution in [0.1, 0.15) is 0 Å². The number of nitrogens with zero attached hydrogens (tertiary/aromatic N) is 5. The summed E-state index contributed by atoms with van der Waals surface area (Å²) in [6.07, 6.45) is 3.54. The monoisotopic (exact) mass is 375 g/mol. The van der Waals surface area contributed by atoms with Gasteiger partial charge in [-0.2, -0.15) is 0 Å². The van der Waals surface area contributed by atoms with Crippen molar-refractivity contribution in [1.29, 1.82) is 0 Å². The van der Waals surface area contributed by atoms with Gasteiger partial charge in [-0.1, -0.05) is 30.3 Å². The minimum atomic E-state index is -0.791. The van der Waals surface area contributed by atoms with Crippen molar-refractivity contribution >= 4 is 11.8 Å². The third kappa shape index (κ3) is 4.15. The van der Waals surface area contributed by atoms with Gasteiger partial charge >= 0.3 is 5.97 Å². The van der Waals surface area contributed by atoms with Gasteiger partial charge in [0.25, 0.3) is 0 Å². The van der Waals surface area contributed by atoms with Gasteiger partial charge in [0.05, 0.1) is 12.2 Å². The van der Waals surface area contributed by atoms with Crippen LogP contribution in [0.3, 0.4) is 0 Å². The number of pyridine rings is 1. The molecule has 0 saturated carbocycles. The molecule has 0 bridgehead atoms. The number of hydrogen-bond donors (Lipinski definition) is 1. The predicted molar refractivity (Wildman–Crippen MR) is 107 cm³/mol. The molecule has 4 rings (SSSR count). The van der Waals surface area contributed by atoms with Crippen LogP contribution < -0.4 is 4.90 Å². The molecule has 0 spiro atoms. The first kappa shape index (κ1) is 18.1. The smallest absolute Gasteiger partial charge is 0.317 e. The van der Waals surface area contributed by atoms with Crippen LogP contribution in [0.25, 0.3) is 22.6 Å². The fourth-order valence-corrected chi connectivity index (χ4v) is 3.30. The van der Waals surface area contributed by atoms with E-state index >= 15 is 0 Å². The second-order valence-electron chi connectivity index (χ2n) is 6.70. The summed E-state index contributed by atoms with van der Waals surface area (Å²) in [4.78, 5) is 28.8. The van der Waals surface area contributed by atoms with Crippen LogP contribution in [-0.4, -0.2) is 63.7 Å². The molecule has 0 radical (unpaired) electrons. The van der Waals surface area contributed by atoms with Gasteiger partial charge in [-0.25, -0.2) is 9.97 Å². The van der Waals surface area contributed by atoms with Crippen molar-refractivity contribution < 1.29 is 9.90 Å². The van der Waals surface area contributed by atoms with E-state index in [0.717, 1.165) is 35.7 Å². The maximum absolute atomic E-state index is 10.9. The van der Waals surface area contributed by atoms with Gasteiger partial charge < -0.3 is 10.0 Å². The Morgan fingerprint density at radius 1 is 0.964 bits per heavy atom. The van der Waals surface area contributed by atoms with Gasteiger partial charge in [0, 0.05) is 55.8 Å². The third-order valence-electron chi connectivity index (χ3n) is 4.76. The number of anilines is 1. The Bertz CT molecular complexity index is 884. The minimum absolute atomic E-state index is 0.0772. The summed E-state index contributed by atoms with van der Waals surface area (Å²) in [7, 11) is 0. The van der Waals surface area contributed by atoms with Crippen LogP contribution in [0.4, 0.5) is 5.82 Å². The van der Waals surface area contributed by atoms with E-state index in [1.54, 1.807) is 12.4 Å². The fourth-order valence-electron chi connectivity index (χ4n) is 3.30. The highest BCUT2D eigenvalue weighted by Gasteiger charge is 2.21. The van der Waals surface area contributed by atoms with Crippen molar-refractivity contribution in [3.05, 3.63) is 60.9 Å². The van der Waals surface area contributed by atoms with E-state index < -0.39 is 5.97 Å². The molecular weight excluding hydrogens is 354 g/mol. The van der Waals surface area contributed by atoms with Gasteiger partial charge in [-0.3, -0.25) is 14.7 Å². The van der Waals surface area contributed by atoms with Crippen LogP contribution in [0.5, 0.6) is 0 Å². The van der Waals surface area contributed by atoms with E-state index in [4.69, 9.17) is 15.1 Å². The molecule has 7 heteroatoms. The van der Waals surface area contributed by atoms with E-state index in [2.05, 4.69) is 9.88 Å². The summed E-state index contributed by atoms with van der Waals surface area (Å²) >= 11 is 0. The van der Waals surface area contributed by atoms with Crippen LogP contribution in [-0.2, 0) is 4.79 Å². The molecule has 1 aromatic carbocycles. The SMILES string of the molecule is O=C(O)CN1CCN(c2cc(-c3cccnc3)nc(-c3ccccc3)n2)CC1. The molecule has 0 amide bonds. The number of piperazine rings is 1. The third-order valence-corrected chi connectivity index (χ3v) is 4.76. The quantitative estimate of drug-likeness (QED) is 0.733. The molecular formula is C21H21N5O2. The van der Waals surface area contributed by atoms with Crippen molar-refractivity contribution in [1.82, 2.24) is 19.9 Å². The van der Waals surface area contributed by atoms with Gasteiger partial charge in [-0.15, -0.1) is 0 Å². The highest BCUT2D eigenvalue weighted by atomic mass is 16.4. The van der Waals surface area contributed by atoms with Crippen molar-refractivity contribution in [2.45, 2.75) is 0 Å². The number of carbonyl (C=O) groups is 1. The van der Waals surface area contributed by atoms with Gasteiger partial charge in [0.15, 0.2) is 5.82 Å². The molecule has 1 aliphatic heterocycles. The molecule has 0 atom stereocenters. The second-order valence-corrected chi connectivity index (χ2v) is 6.70. The normalized spacial score (nSPS) is 14.8. The summed E-state index contributed by atoms with van der Waals surface area (Å²) < 4.78 is 0. The van der Waals surface area contributed by atoms with E-state index in [1.165, 1.54) is 0 Å². The van der Waals surface area contributed by atoms with Crippen molar-refractivity contribution in [3.8, 4) is 22.6 Å². The number of aromatic nitrogens is 3. The van der Waals surface area contributed by atoms with Gasteiger partial charge in [-0.05, 0) is 12.1 Å². The maximum atomic E-state index is 10.9.